The van der Waals surface area contributed by atoms with Crippen LogP contribution < -0.4 is 5.32 Å². The van der Waals surface area contributed by atoms with E-state index in [2.05, 4.69) is 30.5 Å². The Morgan fingerprint density at radius 3 is 2.55 bits per heavy atom. The summed E-state index contributed by atoms with van der Waals surface area (Å²) in [7, 11) is 0. The number of imidazole rings is 1. The predicted octanol–water partition coefficient (Wildman–Crippen LogP) is 3.98. The second-order valence-electron chi connectivity index (χ2n) is 7.42. The van der Waals surface area contributed by atoms with Gasteiger partial charge in [-0.05, 0) is 12.1 Å². The number of halogens is 3. The molecule has 0 amide bonds. The fourth-order valence-electron chi connectivity index (χ4n) is 3.51. The van der Waals surface area contributed by atoms with Crippen molar-refractivity contribution in [2.45, 2.75) is 32.5 Å². The third-order valence-corrected chi connectivity index (χ3v) is 5.01. The van der Waals surface area contributed by atoms with E-state index < -0.39 is 11.7 Å². The molecule has 1 aliphatic rings. The third-order valence-electron chi connectivity index (χ3n) is 5.01. The minimum atomic E-state index is -4.39. The van der Waals surface area contributed by atoms with Crippen LogP contribution in [0.5, 0.6) is 0 Å². The highest BCUT2D eigenvalue weighted by Gasteiger charge is 2.30. The van der Waals surface area contributed by atoms with Gasteiger partial charge in [0.1, 0.15) is 17.3 Å². The predicted molar refractivity (Wildman–Crippen MR) is 106 cm³/mol. The first kappa shape index (κ1) is 19.2. The topological polar surface area (TPSA) is 86.3 Å². The number of rotatable bonds is 3. The SMILES string of the molecule is CC(C)c1nnc2n1-c1cnc(-n3ccnc3-c3ccc(C(F)(F)F)cc3)nc1NC2. The fraction of sp³-hybridized carbons (Fsp3) is 0.250. The van der Waals surface area contributed by atoms with Crippen molar-refractivity contribution in [3.63, 3.8) is 0 Å². The van der Waals surface area contributed by atoms with Gasteiger partial charge in [-0.25, -0.2) is 9.97 Å². The molecule has 0 aliphatic carbocycles. The number of alkyl halides is 3. The maximum absolute atomic E-state index is 12.9. The summed E-state index contributed by atoms with van der Waals surface area (Å²) >= 11 is 0. The van der Waals surface area contributed by atoms with E-state index in [0.29, 0.717) is 29.7 Å². The molecule has 0 radical (unpaired) electrons. The van der Waals surface area contributed by atoms with Gasteiger partial charge in [-0.3, -0.25) is 9.13 Å². The summed E-state index contributed by atoms with van der Waals surface area (Å²) in [5.74, 6) is 3.18. The second-order valence-corrected chi connectivity index (χ2v) is 7.42. The first-order valence-corrected chi connectivity index (χ1v) is 9.60. The smallest absolute Gasteiger partial charge is 0.361 e. The lowest BCUT2D eigenvalue weighted by Crippen LogP contribution is -2.20. The van der Waals surface area contributed by atoms with Crippen LogP contribution in [0.1, 0.15) is 37.0 Å². The van der Waals surface area contributed by atoms with E-state index in [4.69, 9.17) is 0 Å². The number of anilines is 1. The Kier molecular flexibility index (Phi) is 4.27. The summed E-state index contributed by atoms with van der Waals surface area (Å²) in [4.78, 5) is 13.4. The highest BCUT2D eigenvalue weighted by molar-refractivity contribution is 5.61. The highest BCUT2D eigenvalue weighted by Crippen LogP contribution is 2.32. The van der Waals surface area contributed by atoms with Gasteiger partial charge in [0.05, 0.1) is 18.3 Å². The standard InChI is InChI=1S/C20H17F3N8/c1-11(2)17-29-28-15-10-25-16-14(31(15)17)9-26-19(27-16)30-8-7-24-18(30)12-3-5-13(6-4-12)20(21,22)23/h3-9,11H,10H2,1-2H3,(H,25,26,27). The van der Waals surface area contributed by atoms with Crippen molar-refractivity contribution < 1.29 is 13.2 Å². The lowest BCUT2D eigenvalue weighted by molar-refractivity contribution is -0.137. The number of fused-ring (bicyclic) bond motifs is 3. The lowest BCUT2D eigenvalue weighted by atomic mass is 10.1. The van der Waals surface area contributed by atoms with E-state index in [-0.39, 0.29) is 5.92 Å². The Morgan fingerprint density at radius 1 is 1.06 bits per heavy atom. The average molecular weight is 426 g/mol. The van der Waals surface area contributed by atoms with Gasteiger partial charge in [0.15, 0.2) is 11.6 Å². The monoisotopic (exact) mass is 426 g/mol. The average Bonchev–Trinajstić information content (AvgIpc) is 3.40. The number of hydrogen-bond donors (Lipinski definition) is 1. The van der Waals surface area contributed by atoms with Crippen LogP contribution in [0.3, 0.4) is 0 Å². The van der Waals surface area contributed by atoms with Crippen LogP contribution in [-0.4, -0.2) is 34.3 Å². The van der Waals surface area contributed by atoms with Gasteiger partial charge in [0, 0.05) is 23.9 Å². The van der Waals surface area contributed by atoms with E-state index in [0.717, 1.165) is 29.5 Å². The van der Waals surface area contributed by atoms with Gasteiger partial charge in [-0.2, -0.15) is 18.2 Å². The molecule has 0 fully saturated rings. The maximum Gasteiger partial charge on any atom is 0.416 e. The molecule has 4 heterocycles. The molecule has 0 unspecified atom stereocenters. The molecule has 8 nitrogen and oxygen atoms in total. The Morgan fingerprint density at radius 2 is 1.84 bits per heavy atom. The Bertz CT molecular complexity index is 1250. The van der Waals surface area contributed by atoms with Crippen LogP contribution in [0, 0.1) is 0 Å². The van der Waals surface area contributed by atoms with Crippen LogP contribution >= 0.6 is 0 Å². The Hall–Kier alpha value is -3.76. The van der Waals surface area contributed by atoms with Crippen molar-refractivity contribution in [3.05, 3.63) is 60.1 Å². The molecular formula is C20H17F3N8. The van der Waals surface area contributed by atoms with Crippen LogP contribution in [0.25, 0.3) is 23.0 Å². The molecule has 0 atom stereocenters. The molecule has 1 aromatic carbocycles. The molecular weight excluding hydrogens is 409 g/mol. The van der Waals surface area contributed by atoms with Gasteiger partial charge >= 0.3 is 6.18 Å². The summed E-state index contributed by atoms with van der Waals surface area (Å²) in [5.41, 5.74) is 0.555. The Labute approximate surface area is 174 Å². The van der Waals surface area contributed by atoms with Crippen LogP contribution in [0.2, 0.25) is 0 Å². The van der Waals surface area contributed by atoms with Crippen LogP contribution in [0.4, 0.5) is 19.0 Å². The second kappa shape index (κ2) is 6.89. The van der Waals surface area contributed by atoms with Crippen LogP contribution in [-0.2, 0) is 12.7 Å². The summed E-state index contributed by atoms with van der Waals surface area (Å²) < 4.78 is 42.2. The highest BCUT2D eigenvalue weighted by atomic mass is 19.4. The maximum atomic E-state index is 12.9. The van der Waals surface area contributed by atoms with E-state index in [1.165, 1.54) is 12.1 Å². The molecule has 0 bridgehead atoms. The van der Waals surface area contributed by atoms with E-state index >= 15 is 0 Å². The zero-order valence-corrected chi connectivity index (χ0v) is 16.6. The fourth-order valence-corrected chi connectivity index (χ4v) is 3.51. The lowest BCUT2D eigenvalue weighted by Gasteiger charge is -2.21. The van der Waals surface area contributed by atoms with Crippen molar-refractivity contribution in [2.75, 3.05) is 5.32 Å². The van der Waals surface area contributed by atoms with Gasteiger partial charge in [-0.15, -0.1) is 10.2 Å². The number of nitrogens with zero attached hydrogens (tertiary/aromatic N) is 7. The molecule has 3 aromatic heterocycles. The minimum Gasteiger partial charge on any atom is -0.361 e. The van der Waals surface area contributed by atoms with Crippen molar-refractivity contribution in [3.8, 4) is 23.0 Å². The molecule has 0 saturated heterocycles. The van der Waals surface area contributed by atoms with Gasteiger partial charge in [-0.1, -0.05) is 26.0 Å². The number of aromatic nitrogens is 7. The molecule has 11 heteroatoms. The number of benzene rings is 1. The normalized spacial score (nSPS) is 13.1. The molecule has 5 rings (SSSR count). The molecule has 158 valence electrons. The number of nitrogens with one attached hydrogen (secondary N) is 1. The molecule has 0 saturated carbocycles. The van der Waals surface area contributed by atoms with Gasteiger partial charge in [0.25, 0.3) is 0 Å². The van der Waals surface area contributed by atoms with Crippen molar-refractivity contribution in [1.82, 2.24) is 34.3 Å². The van der Waals surface area contributed by atoms with Crippen molar-refractivity contribution >= 4 is 5.82 Å². The summed E-state index contributed by atoms with van der Waals surface area (Å²) in [6, 6.07) is 4.84. The zero-order chi connectivity index (χ0) is 21.8. The van der Waals surface area contributed by atoms with E-state index in [9.17, 15) is 13.2 Å². The molecule has 1 N–H and O–H groups in total. The van der Waals surface area contributed by atoms with E-state index in [1.807, 2.05) is 18.4 Å². The molecule has 0 spiro atoms. The van der Waals surface area contributed by atoms with Gasteiger partial charge in [0.2, 0.25) is 5.95 Å². The summed E-state index contributed by atoms with van der Waals surface area (Å²) in [5, 5.41) is 11.7. The van der Waals surface area contributed by atoms with Crippen LogP contribution in [0.15, 0.2) is 42.9 Å². The zero-order valence-electron chi connectivity index (χ0n) is 16.6. The molecule has 4 aromatic rings. The van der Waals surface area contributed by atoms with Crippen molar-refractivity contribution in [2.24, 2.45) is 0 Å². The number of hydrogen-bond acceptors (Lipinski definition) is 6. The summed E-state index contributed by atoms with van der Waals surface area (Å²) in [6.45, 7) is 4.55. The minimum absolute atomic E-state index is 0.173. The van der Waals surface area contributed by atoms with Gasteiger partial charge < -0.3 is 5.32 Å². The summed E-state index contributed by atoms with van der Waals surface area (Å²) in [6.07, 6.45) is 0.509. The molecule has 31 heavy (non-hydrogen) atoms. The quantitative estimate of drug-likeness (QED) is 0.533. The largest absolute Gasteiger partial charge is 0.416 e. The Balaban J connectivity index is 1.54. The van der Waals surface area contributed by atoms with Crippen molar-refractivity contribution in [1.29, 1.82) is 0 Å². The molecule has 1 aliphatic heterocycles. The van der Waals surface area contributed by atoms with E-state index in [1.54, 1.807) is 23.2 Å². The third kappa shape index (κ3) is 3.22. The first-order chi connectivity index (χ1) is 14.8. The first-order valence-electron chi connectivity index (χ1n) is 9.60.